The topological polar surface area (TPSA) is 96.5 Å². The van der Waals surface area contributed by atoms with Gasteiger partial charge in [0.2, 0.25) is 0 Å². The number of pyridine rings is 1. The fraction of sp³-hybridized carbons (Fsp3) is 0.533. The van der Waals surface area contributed by atoms with E-state index in [1.54, 1.807) is 24.8 Å². The second kappa shape index (κ2) is 5.35. The highest BCUT2D eigenvalue weighted by atomic mass is 16.4. The molecule has 0 aliphatic carbocycles. The number of hydrogen-bond donors (Lipinski definition) is 2. The Labute approximate surface area is 124 Å². The van der Waals surface area contributed by atoms with Crippen LogP contribution >= 0.6 is 0 Å². The average Bonchev–Trinajstić information content (AvgIpc) is 2.37. The molecule has 1 unspecified atom stereocenters. The molecule has 21 heavy (non-hydrogen) atoms. The maximum absolute atomic E-state index is 11.8. The number of amides is 1. The largest absolute Gasteiger partial charge is 0.480 e. The Kier molecular flexibility index (Phi) is 3.89. The predicted molar refractivity (Wildman–Crippen MR) is 79.5 cm³/mol. The summed E-state index contributed by atoms with van der Waals surface area (Å²) in [6.07, 6.45) is 2.29. The molecule has 2 rings (SSSR count). The molecule has 1 aromatic heterocycles. The number of hydrogen-bond acceptors (Lipinski definition) is 4. The lowest BCUT2D eigenvalue weighted by Gasteiger charge is -2.44. The molecule has 0 spiro atoms. The van der Waals surface area contributed by atoms with Crippen LogP contribution in [0.3, 0.4) is 0 Å². The smallest absolute Gasteiger partial charge is 0.329 e. The molecule has 1 aromatic rings. The van der Waals surface area contributed by atoms with E-state index in [-0.39, 0.29) is 0 Å². The fourth-order valence-electron chi connectivity index (χ4n) is 3.06. The molecule has 114 valence electrons. The third-order valence-corrected chi connectivity index (χ3v) is 4.20. The quantitative estimate of drug-likeness (QED) is 0.882. The number of carbonyl (C=O) groups excluding carboxylic acids is 1. The molecular formula is C15H21N3O3. The van der Waals surface area contributed by atoms with E-state index in [1.807, 2.05) is 6.92 Å². The first-order chi connectivity index (χ1) is 9.77. The zero-order valence-corrected chi connectivity index (χ0v) is 12.6. The number of carboxylic acids is 1. The van der Waals surface area contributed by atoms with Crippen LogP contribution in [0.4, 0.5) is 5.69 Å². The number of carbonyl (C=O) groups is 2. The predicted octanol–water partition coefficient (Wildman–Crippen LogP) is 1.63. The molecule has 0 aromatic carbocycles. The minimum Gasteiger partial charge on any atom is -0.480 e. The van der Waals surface area contributed by atoms with E-state index in [1.165, 1.54) is 0 Å². The highest BCUT2D eigenvalue weighted by Crippen LogP contribution is 2.36. The van der Waals surface area contributed by atoms with Crippen LogP contribution in [0, 0.1) is 13.8 Å². The van der Waals surface area contributed by atoms with Crippen LogP contribution in [0.5, 0.6) is 0 Å². The van der Waals surface area contributed by atoms with E-state index in [2.05, 4.69) is 4.98 Å². The summed E-state index contributed by atoms with van der Waals surface area (Å²) in [6.45, 7) is 5.83. The Bertz CT molecular complexity index is 600. The fourth-order valence-corrected chi connectivity index (χ4v) is 3.06. The number of aliphatic carboxylic acids is 1. The van der Waals surface area contributed by atoms with E-state index < -0.39 is 17.4 Å². The van der Waals surface area contributed by atoms with E-state index in [9.17, 15) is 14.7 Å². The first-order valence-electron chi connectivity index (χ1n) is 7.06. The van der Waals surface area contributed by atoms with Gasteiger partial charge >= 0.3 is 5.97 Å². The van der Waals surface area contributed by atoms with E-state index in [0.29, 0.717) is 29.9 Å². The maximum atomic E-state index is 11.8. The van der Waals surface area contributed by atoms with E-state index in [4.69, 9.17) is 5.73 Å². The minimum atomic E-state index is -1.03. The molecule has 6 heteroatoms. The number of rotatable bonds is 3. The lowest BCUT2D eigenvalue weighted by molar-refractivity contribution is -0.143. The molecule has 0 radical (unpaired) electrons. The summed E-state index contributed by atoms with van der Waals surface area (Å²) in [6, 6.07) is 1.75. The lowest BCUT2D eigenvalue weighted by atomic mass is 9.87. The summed E-state index contributed by atoms with van der Waals surface area (Å²) < 4.78 is 0. The second-order valence-corrected chi connectivity index (χ2v) is 5.80. The molecule has 1 amide bonds. The average molecular weight is 291 g/mol. The van der Waals surface area contributed by atoms with Crippen LogP contribution in [-0.4, -0.2) is 34.1 Å². The van der Waals surface area contributed by atoms with Crippen molar-refractivity contribution in [2.45, 2.75) is 45.6 Å². The second-order valence-electron chi connectivity index (χ2n) is 5.80. The number of aromatic nitrogens is 1. The van der Waals surface area contributed by atoms with Gasteiger partial charge in [-0.3, -0.25) is 9.78 Å². The molecule has 6 nitrogen and oxygen atoms in total. The number of anilines is 1. The van der Waals surface area contributed by atoms with Gasteiger partial charge in [0, 0.05) is 12.2 Å². The van der Waals surface area contributed by atoms with Crippen LogP contribution in [0.1, 0.15) is 47.9 Å². The van der Waals surface area contributed by atoms with Gasteiger partial charge in [0.05, 0.1) is 16.9 Å². The summed E-state index contributed by atoms with van der Waals surface area (Å²) in [5.41, 5.74) is 6.63. The molecule has 1 saturated heterocycles. The monoisotopic (exact) mass is 291 g/mol. The van der Waals surface area contributed by atoms with Gasteiger partial charge in [-0.05, 0) is 46.1 Å². The number of nitrogens with two attached hydrogens (primary N) is 1. The third-order valence-electron chi connectivity index (χ3n) is 4.20. The van der Waals surface area contributed by atoms with E-state index in [0.717, 1.165) is 18.5 Å². The number of primary amides is 1. The summed E-state index contributed by atoms with van der Waals surface area (Å²) in [7, 11) is 0. The number of nitrogens with zero attached hydrogens (tertiary/aromatic N) is 2. The lowest BCUT2D eigenvalue weighted by Crippen LogP contribution is -2.56. The normalized spacial score (nSPS) is 22.1. The molecule has 3 N–H and O–H groups in total. The van der Waals surface area contributed by atoms with Crippen molar-refractivity contribution >= 4 is 17.6 Å². The van der Waals surface area contributed by atoms with Gasteiger partial charge in [0.15, 0.2) is 0 Å². The standard InChI is InChI=1S/C15H21N3O3/c1-9-8-11(12(13(16)19)10(2)17-9)18-7-5-4-6-15(18,3)14(20)21/h8H,4-7H2,1-3H3,(H2,16,19)(H,20,21). The SMILES string of the molecule is Cc1cc(N2CCCCC2(C)C(=O)O)c(C(N)=O)c(C)n1. The van der Waals surface area contributed by atoms with Crippen molar-refractivity contribution in [1.82, 2.24) is 4.98 Å². The highest BCUT2D eigenvalue weighted by Gasteiger charge is 2.42. The van der Waals surface area contributed by atoms with Gasteiger partial charge in [0.25, 0.3) is 5.91 Å². The van der Waals surface area contributed by atoms with Crippen molar-refractivity contribution in [1.29, 1.82) is 0 Å². The summed E-state index contributed by atoms with van der Waals surface area (Å²) >= 11 is 0. The van der Waals surface area contributed by atoms with Gasteiger partial charge in [-0.1, -0.05) is 0 Å². The van der Waals surface area contributed by atoms with Gasteiger partial charge in [-0.2, -0.15) is 0 Å². The van der Waals surface area contributed by atoms with Crippen molar-refractivity contribution in [3.8, 4) is 0 Å². The third kappa shape index (κ3) is 2.57. The van der Waals surface area contributed by atoms with Crippen molar-refractivity contribution in [3.05, 3.63) is 23.0 Å². The Balaban J connectivity index is 2.63. The van der Waals surface area contributed by atoms with Crippen LogP contribution in [0.25, 0.3) is 0 Å². The molecule has 1 atom stereocenters. The maximum Gasteiger partial charge on any atom is 0.329 e. The van der Waals surface area contributed by atoms with Crippen LogP contribution < -0.4 is 10.6 Å². The Hall–Kier alpha value is -2.11. The van der Waals surface area contributed by atoms with Gasteiger partial charge in [-0.15, -0.1) is 0 Å². The summed E-state index contributed by atoms with van der Waals surface area (Å²) in [4.78, 5) is 29.6. The first kappa shape index (κ1) is 15.3. The van der Waals surface area contributed by atoms with Crippen molar-refractivity contribution in [2.75, 3.05) is 11.4 Å². The zero-order valence-electron chi connectivity index (χ0n) is 12.6. The molecule has 1 fully saturated rings. The van der Waals surface area contributed by atoms with Gasteiger partial charge in [0.1, 0.15) is 5.54 Å². The number of carboxylic acid groups (broad SMARTS) is 1. The van der Waals surface area contributed by atoms with Crippen molar-refractivity contribution in [3.63, 3.8) is 0 Å². The minimum absolute atomic E-state index is 0.315. The van der Waals surface area contributed by atoms with Crippen molar-refractivity contribution < 1.29 is 14.7 Å². The molecule has 2 heterocycles. The van der Waals surface area contributed by atoms with E-state index >= 15 is 0 Å². The van der Waals surface area contributed by atoms with Gasteiger partial charge in [-0.25, -0.2) is 4.79 Å². The van der Waals surface area contributed by atoms with Crippen LogP contribution in [0.2, 0.25) is 0 Å². The van der Waals surface area contributed by atoms with Crippen molar-refractivity contribution in [2.24, 2.45) is 5.73 Å². The first-order valence-corrected chi connectivity index (χ1v) is 7.06. The zero-order chi connectivity index (χ0) is 15.8. The Morgan fingerprint density at radius 2 is 2.05 bits per heavy atom. The van der Waals surface area contributed by atoms with Crippen LogP contribution in [-0.2, 0) is 4.79 Å². The summed E-state index contributed by atoms with van der Waals surface area (Å²) in [5.74, 6) is -1.46. The molecule has 1 aliphatic heterocycles. The Morgan fingerprint density at radius 3 is 2.62 bits per heavy atom. The Morgan fingerprint density at radius 1 is 1.38 bits per heavy atom. The van der Waals surface area contributed by atoms with Crippen LogP contribution in [0.15, 0.2) is 6.07 Å². The molecule has 0 saturated carbocycles. The summed E-state index contributed by atoms with van der Waals surface area (Å²) in [5, 5.41) is 9.62. The highest BCUT2D eigenvalue weighted by molar-refractivity contribution is 6.01. The number of aryl methyl sites for hydroxylation is 2. The van der Waals surface area contributed by atoms with Gasteiger partial charge < -0.3 is 15.7 Å². The molecular weight excluding hydrogens is 270 g/mol. The molecule has 1 aliphatic rings. The molecule has 0 bridgehead atoms. The number of piperidine rings is 1.